The van der Waals surface area contributed by atoms with Gasteiger partial charge in [0.25, 0.3) is 0 Å². The summed E-state index contributed by atoms with van der Waals surface area (Å²) in [6, 6.07) is 7.57. The Kier molecular flexibility index (Phi) is 3.84. The van der Waals surface area contributed by atoms with E-state index < -0.39 is 9.84 Å². The average molecular weight is 253 g/mol. The third kappa shape index (κ3) is 2.69. The maximum Gasteiger partial charge on any atom is 0.178 e. The Balaban J connectivity index is 2.40. The number of nitrogens with one attached hydrogen (secondary N) is 1. The Labute approximate surface area is 103 Å². The van der Waals surface area contributed by atoms with Crippen molar-refractivity contribution in [2.24, 2.45) is 0 Å². The highest BCUT2D eigenvalue weighted by Crippen LogP contribution is 2.30. The summed E-state index contributed by atoms with van der Waals surface area (Å²) in [5, 5.41) is 3.44. The topological polar surface area (TPSA) is 46.2 Å². The summed E-state index contributed by atoms with van der Waals surface area (Å²) in [7, 11) is -3.08. The van der Waals surface area contributed by atoms with Crippen LogP contribution in [0.4, 0.5) is 0 Å². The van der Waals surface area contributed by atoms with E-state index in [4.69, 9.17) is 0 Å². The molecule has 0 fully saturated rings. The fourth-order valence-electron chi connectivity index (χ4n) is 2.33. The molecule has 1 N–H and O–H groups in total. The molecule has 1 aliphatic heterocycles. The highest BCUT2D eigenvalue weighted by molar-refractivity contribution is 7.91. The molecule has 3 nitrogen and oxygen atoms in total. The minimum absolute atomic E-state index is 0.184. The van der Waals surface area contributed by atoms with E-state index in [-0.39, 0.29) is 11.8 Å². The lowest BCUT2D eigenvalue weighted by molar-refractivity contribution is 0.493. The van der Waals surface area contributed by atoms with Crippen molar-refractivity contribution in [1.82, 2.24) is 5.32 Å². The largest absolute Gasteiger partial charge is 0.310 e. The van der Waals surface area contributed by atoms with Crippen molar-refractivity contribution >= 4 is 9.84 Å². The van der Waals surface area contributed by atoms with E-state index in [0.29, 0.717) is 4.90 Å². The molecule has 0 saturated heterocycles. The van der Waals surface area contributed by atoms with Crippen molar-refractivity contribution in [3.8, 4) is 0 Å². The molecule has 0 aliphatic carbocycles. The number of rotatable bonds is 3. The normalized spacial score (nSPS) is 22.8. The van der Waals surface area contributed by atoms with E-state index in [1.165, 1.54) is 0 Å². The van der Waals surface area contributed by atoms with Crippen LogP contribution in [-0.4, -0.2) is 20.7 Å². The molecular weight excluding hydrogens is 234 g/mol. The molecule has 4 heteroatoms. The predicted octanol–water partition coefficient (Wildman–Crippen LogP) is 2.29. The van der Waals surface area contributed by atoms with E-state index >= 15 is 0 Å². The van der Waals surface area contributed by atoms with Gasteiger partial charge in [-0.15, -0.1) is 0 Å². The first kappa shape index (κ1) is 12.6. The van der Waals surface area contributed by atoms with Crippen molar-refractivity contribution in [3.05, 3.63) is 29.8 Å². The molecule has 2 rings (SSSR count). The molecule has 1 atom stereocenters. The van der Waals surface area contributed by atoms with Gasteiger partial charge in [0.2, 0.25) is 0 Å². The third-order valence-electron chi connectivity index (χ3n) is 3.18. The summed E-state index contributed by atoms with van der Waals surface area (Å²) in [5.74, 6) is 0.272. The van der Waals surface area contributed by atoms with Gasteiger partial charge < -0.3 is 5.32 Å². The van der Waals surface area contributed by atoms with E-state index in [1.807, 2.05) is 12.1 Å². The van der Waals surface area contributed by atoms with Crippen LogP contribution in [0.25, 0.3) is 0 Å². The lowest BCUT2D eigenvalue weighted by atomic mass is 10.0. The zero-order valence-corrected chi connectivity index (χ0v) is 11.0. The molecule has 1 aromatic rings. The van der Waals surface area contributed by atoms with Crippen LogP contribution in [0, 0.1) is 0 Å². The lowest BCUT2D eigenvalue weighted by Gasteiger charge is -2.18. The molecule has 1 aliphatic rings. The monoisotopic (exact) mass is 253 g/mol. The second-order valence-electron chi connectivity index (χ2n) is 4.51. The molecule has 0 amide bonds. The fraction of sp³-hybridized carbons (Fsp3) is 0.538. The molecule has 17 heavy (non-hydrogen) atoms. The van der Waals surface area contributed by atoms with E-state index in [0.717, 1.165) is 31.4 Å². The summed E-state index contributed by atoms with van der Waals surface area (Å²) in [6.45, 7) is 3.05. The average Bonchev–Trinajstić information content (AvgIpc) is 2.45. The highest BCUT2D eigenvalue weighted by atomic mass is 32.2. The first-order chi connectivity index (χ1) is 8.15. The zero-order chi connectivity index (χ0) is 12.3. The van der Waals surface area contributed by atoms with E-state index in [2.05, 4.69) is 12.2 Å². The van der Waals surface area contributed by atoms with Crippen LogP contribution in [-0.2, 0) is 9.84 Å². The molecule has 0 spiro atoms. The third-order valence-corrected chi connectivity index (χ3v) is 5.04. The molecule has 0 saturated carbocycles. The van der Waals surface area contributed by atoms with Crippen LogP contribution >= 0.6 is 0 Å². The van der Waals surface area contributed by atoms with Crippen molar-refractivity contribution in [1.29, 1.82) is 0 Å². The maximum absolute atomic E-state index is 12.1. The summed E-state index contributed by atoms with van der Waals surface area (Å²) in [4.78, 5) is 0.520. The van der Waals surface area contributed by atoms with Gasteiger partial charge in [0, 0.05) is 6.04 Å². The molecule has 94 valence electrons. The first-order valence-corrected chi connectivity index (χ1v) is 7.85. The fourth-order valence-corrected chi connectivity index (χ4v) is 3.95. The number of hydrogen-bond donors (Lipinski definition) is 1. The van der Waals surface area contributed by atoms with Gasteiger partial charge in [-0.05, 0) is 37.4 Å². The summed E-state index contributed by atoms with van der Waals surface area (Å²) >= 11 is 0. The standard InChI is InChI=1S/C13H19NO2S/c1-2-9-14-12-7-5-10-17(15,16)13-8-4-3-6-11(12)13/h3-4,6,8,12,14H,2,5,7,9-10H2,1H3. The van der Waals surface area contributed by atoms with Crippen LogP contribution in [0.3, 0.4) is 0 Å². The first-order valence-electron chi connectivity index (χ1n) is 6.20. The van der Waals surface area contributed by atoms with Gasteiger partial charge in [0.15, 0.2) is 9.84 Å². The molecule has 0 radical (unpaired) electrons. The van der Waals surface area contributed by atoms with Crippen LogP contribution in [0.2, 0.25) is 0 Å². The number of fused-ring (bicyclic) bond motifs is 1. The van der Waals surface area contributed by atoms with Crippen LogP contribution in [0.15, 0.2) is 29.2 Å². The second-order valence-corrected chi connectivity index (χ2v) is 6.58. The summed E-state index contributed by atoms with van der Waals surface area (Å²) < 4.78 is 24.2. The zero-order valence-electron chi connectivity index (χ0n) is 10.1. The molecule has 1 heterocycles. The number of hydrogen-bond acceptors (Lipinski definition) is 3. The second kappa shape index (κ2) is 5.19. The molecular formula is C13H19NO2S. The summed E-state index contributed by atoms with van der Waals surface area (Å²) in [6.07, 6.45) is 2.69. The predicted molar refractivity (Wildman–Crippen MR) is 68.8 cm³/mol. The van der Waals surface area contributed by atoms with E-state index in [9.17, 15) is 8.42 Å². The van der Waals surface area contributed by atoms with Crippen LogP contribution in [0.1, 0.15) is 37.8 Å². The molecule has 1 unspecified atom stereocenters. The summed E-state index contributed by atoms with van der Waals surface area (Å²) in [5.41, 5.74) is 0.943. The molecule has 1 aromatic carbocycles. The Bertz CT molecular complexity index is 482. The smallest absolute Gasteiger partial charge is 0.178 e. The number of benzene rings is 1. The Morgan fingerprint density at radius 2 is 2.12 bits per heavy atom. The maximum atomic E-state index is 12.1. The molecule has 0 aromatic heterocycles. The quantitative estimate of drug-likeness (QED) is 0.899. The van der Waals surface area contributed by atoms with Crippen LogP contribution < -0.4 is 5.32 Å². The van der Waals surface area contributed by atoms with Gasteiger partial charge in [-0.2, -0.15) is 0 Å². The van der Waals surface area contributed by atoms with Crippen LogP contribution in [0.5, 0.6) is 0 Å². The van der Waals surface area contributed by atoms with Gasteiger partial charge in [-0.3, -0.25) is 0 Å². The SMILES string of the molecule is CCCNC1CCCS(=O)(=O)c2ccccc21. The highest BCUT2D eigenvalue weighted by Gasteiger charge is 2.26. The molecule has 0 bridgehead atoms. The van der Waals surface area contributed by atoms with Gasteiger partial charge in [-0.1, -0.05) is 25.1 Å². The van der Waals surface area contributed by atoms with Crippen molar-refractivity contribution in [2.75, 3.05) is 12.3 Å². The van der Waals surface area contributed by atoms with Crippen molar-refractivity contribution < 1.29 is 8.42 Å². The van der Waals surface area contributed by atoms with Gasteiger partial charge in [-0.25, -0.2) is 8.42 Å². The Morgan fingerprint density at radius 3 is 2.88 bits per heavy atom. The number of sulfone groups is 1. The van der Waals surface area contributed by atoms with Gasteiger partial charge in [0.05, 0.1) is 10.6 Å². The van der Waals surface area contributed by atoms with Gasteiger partial charge in [0.1, 0.15) is 0 Å². The minimum Gasteiger partial charge on any atom is -0.310 e. The Hall–Kier alpha value is -0.870. The Morgan fingerprint density at radius 1 is 1.35 bits per heavy atom. The lowest BCUT2D eigenvalue weighted by Crippen LogP contribution is -2.22. The van der Waals surface area contributed by atoms with Crippen molar-refractivity contribution in [2.45, 2.75) is 37.1 Å². The van der Waals surface area contributed by atoms with E-state index in [1.54, 1.807) is 12.1 Å². The van der Waals surface area contributed by atoms with Crippen molar-refractivity contribution in [3.63, 3.8) is 0 Å². The minimum atomic E-state index is -3.08. The van der Waals surface area contributed by atoms with Gasteiger partial charge >= 0.3 is 0 Å².